The molecule has 0 spiro atoms. The standard InChI is InChI=1S/C19H27N5OS/c25-19(21-13-18-7-4-10-26-18)20-12-15-11-17-14-23(8-9-24(17)22-15)16-5-2-1-3-6-16/h4,7,10-11,16H,1-3,5-6,8-9,12-14H2,(H2,20,21,25). The second kappa shape index (κ2) is 8.22. The largest absolute Gasteiger partial charge is 0.333 e. The molecule has 2 aromatic heterocycles. The van der Waals surface area contributed by atoms with Crippen molar-refractivity contribution in [2.24, 2.45) is 0 Å². The van der Waals surface area contributed by atoms with E-state index in [1.807, 2.05) is 17.5 Å². The topological polar surface area (TPSA) is 62.2 Å². The van der Waals surface area contributed by atoms with E-state index in [1.54, 1.807) is 11.3 Å². The van der Waals surface area contributed by atoms with Crippen molar-refractivity contribution in [3.8, 4) is 0 Å². The van der Waals surface area contributed by atoms with Crippen molar-refractivity contribution in [2.45, 2.75) is 64.3 Å². The molecule has 7 heteroatoms. The van der Waals surface area contributed by atoms with Crippen LogP contribution in [0, 0.1) is 0 Å². The summed E-state index contributed by atoms with van der Waals surface area (Å²) in [6.07, 6.45) is 6.82. The fourth-order valence-electron chi connectivity index (χ4n) is 4.00. The molecule has 2 aromatic rings. The predicted octanol–water partition coefficient (Wildman–Crippen LogP) is 3.09. The Morgan fingerprint density at radius 1 is 1.19 bits per heavy atom. The average molecular weight is 374 g/mol. The van der Waals surface area contributed by atoms with Crippen LogP contribution >= 0.6 is 11.3 Å². The van der Waals surface area contributed by atoms with Crippen molar-refractivity contribution in [2.75, 3.05) is 6.54 Å². The van der Waals surface area contributed by atoms with Crippen LogP contribution in [-0.4, -0.2) is 33.3 Å². The third kappa shape index (κ3) is 4.27. The van der Waals surface area contributed by atoms with Gasteiger partial charge in [0, 0.05) is 24.0 Å². The van der Waals surface area contributed by atoms with Gasteiger partial charge in [-0.3, -0.25) is 9.58 Å². The van der Waals surface area contributed by atoms with Gasteiger partial charge in [-0.1, -0.05) is 25.3 Å². The highest BCUT2D eigenvalue weighted by Crippen LogP contribution is 2.26. The lowest BCUT2D eigenvalue weighted by molar-refractivity contribution is 0.119. The Kier molecular flexibility index (Phi) is 5.55. The lowest BCUT2D eigenvalue weighted by Gasteiger charge is -2.36. The van der Waals surface area contributed by atoms with Gasteiger partial charge in [0.25, 0.3) is 0 Å². The molecule has 0 unspecified atom stereocenters. The summed E-state index contributed by atoms with van der Waals surface area (Å²) in [6, 6.07) is 6.76. The molecule has 2 amide bonds. The number of fused-ring (bicyclic) bond motifs is 1. The zero-order chi connectivity index (χ0) is 17.8. The summed E-state index contributed by atoms with van der Waals surface area (Å²) in [7, 11) is 0. The number of aromatic nitrogens is 2. The van der Waals surface area contributed by atoms with Gasteiger partial charge >= 0.3 is 6.03 Å². The lowest BCUT2D eigenvalue weighted by atomic mass is 9.94. The molecule has 1 fully saturated rings. The van der Waals surface area contributed by atoms with Crippen LogP contribution in [0.4, 0.5) is 4.79 Å². The molecule has 3 heterocycles. The molecule has 0 aromatic carbocycles. The number of thiophene rings is 1. The Hall–Kier alpha value is -1.86. The second-order valence-corrected chi connectivity index (χ2v) is 8.26. The summed E-state index contributed by atoms with van der Waals surface area (Å²) in [5.74, 6) is 0. The monoisotopic (exact) mass is 373 g/mol. The van der Waals surface area contributed by atoms with E-state index < -0.39 is 0 Å². The number of hydrogen-bond donors (Lipinski definition) is 2. The third-order valence-electron chi connectivity index (χ3n) is 5.40. The van der Waals surface area contributed by atoms with Gasteiger partial charge in [0.05, 0.1) is 31.0 Å². The van der Waals surface area contributed by atoms with Crippen LogP contribution in [0.3, 0.4) is 0 Å². The maximum atomic E-state index is 12.0. The number of carbonyl (C=O) groups is 1. The van der Waals surface area contributed by atoms with Crippen LogP contribution in [0.25, 0.3) is 0 Å². The van der Waals surface area contributed by atoms with Crippen LogP contribution in [-0.2, 0) is 26.2 Å². The van der Waals surface area contributed by atoms with E-state index >= 15 is 0 Å². The van der Waals surface area contributed by atoms with Crippen LogP contribution in [0.5, 0.6) is 0 Å². The molecular weight excluding hydrogens is 346 g/mol. The van der Waals surface area contributed by atoms with E-state index in [-0.39, 0.29) is 6.03 Å². The van der Waals surface area contributed by atoms with Gasteiger partial charge in [-0.05, 0) is 30.4 Å². The molecule has 2 aliphatic rings. The predicted molar refractivity (Wildman–Crippen MR) is 103 cm³/mol. The van der Waals surface area contributed by atoms with Crippen LogP contribution in [0.1, 0.15) is 48.4 Å². The first kappa shape index (κ1) is 17.5. The first-order chi connectivity index (χ1) is 12.8. The van der Waals surface area contributed by atoms with Crippen molar-refractivity contribution in [1.82, 2.24) is 25.3 Å². The number of nitrogens with one attached hydrogen (secondary N) is 2. The number of nitrogens with zero attached hydrogens (tertiary/aromatic N) is 3. The molecule has 140 valence electrons. The third-order valence-corrected chi connectivity index (χ3v) is 6.28. The van der Waals surface area contributed by atoms with E-state index in [2.05, 4.69) is 31.4 Å². The molecule has 0 saturated heterocycles. The minimum Gasteiger partial charge on any atom is -0.333 e. The number of carbonyl (C=O) groups excluding carboxylic acids is 1. The molecule has 0 radical (unpaired) electrons. The van der Waals surface area contributed by atoms with Gasteiger partial charge in [-0.2, -0.15) is 5.10 Å². The first-order valence-corrected chi connectivity index (χ1v) is 10.5. The lowest BCUT2D eigenvalue weighted by Crippen LogP contribution is -2.42. The number of amides is 2. The number of urea groups is 1. The summed E-state index contributed by atoms with van der Waals surface area (Å²) >= 11 is 1.65. The zero-order valence-corrected chi connectivity index (χ0v) is 15.9. The van der Waals surface area contributed by atoms with Crippen molar-refractivity contribution >= 4 is 17.4 Å². The Morgan fingerprint density at radius 2 is 2.04 bits per heavy atom. The smallest absolute Gasteiger partial charge is 0.315 e. The van der Waals surface area contributed by atoms with E-state index in [0.717, 1.165) is 36.2 Å². The highest BCUT2D eigenvalue weighted by atomic mass is 32.1. The minimum atomic E-state index is -0.145. The van der Waals surface area contributed by atoms with Crippen molar-refractivity contribution < 1.29 is 4.79 Å². The fourth-order valence-corrected chi connectivity index (χ4v) is 4.65. The molecule has 4 rings (SSSR count). The summed E-state index contributed by atoms with van der Waals surface area (Å²) in [5, 5.41) is 12.5. The van der Waals surface area contributed by atoms with Gasteiger partial charge in [0.1, 0.15) is 0 Å². The number of rotatable bonds is 5. The summed E-state index contributed by atoms with van der Waals surface area (Å²) in [4.78, 5) is 15.7. The average Bonchev–Trinajstić information content (AvgIpc) is 3.34. The summed E-state index contributed by atoms with van der Waals surface area (Å²) in [5.41, 5.74) is 2.22. The van der Waals surface area contributed by atoms with Gasteiger partial charge in [0.15, 0.2) is 0 Å². The van der Waals surface area contributed by atoms with Crippen LogP contribution in [0.2, 0.25) is 0 Å². The molecule has 0 atom stereocenters. The Bertz CT molecular complexity index is 720. The molecule has 1 aliphatic heterocycles. The first-order valence-electron chi connectivity index (χ1n) is 9.62. The second-order valence-electron chi connectivity index (χ2n) is 7.23. The fraction of sp³-hybridized carbons (Fsp3) is 0.579. The quantitative estimate of drug-likeness (QED) is 0.847. The Morgan fingerprint density at radius 3 is 2.85 bits per heavy atom. The Labute approximate surface area is 158 Å². The molecule has 0 bridgehead atoms. The maximum absolute atomic E-state index is 12.0. The summed E-state index contributed by atoms with van der Waals surface area (Å²) < 4.78 is 2.11. The maximum Gasteiger partial charge on any atom is 0.315 e. The van der Waals surface area contributed by atoms with E-state index in [9.17, 15) is 4.79 Å². The van der Waals surface area contributed by atoms with Gasteiger partial charge in [-0.25, -0.2) is 4.79 Å². The van der Waals surface area contributed by atoms with Gasteiger partial charge in [-0.15, -0.1) is 11.3 Å². The Balaban J connectivity index is 1.27. The van der Waals surface area contributed by atoms with Gasteiger partial charge < -0.3 is 10.6 Å². The van der Waals surface area contributed by atoms with E-state index in [1.165, 1.54) is 37.8 Å². The normalized spacial score (nSPS) is 18.5. The van der Waals surface area contributed by atoms with Gasteiger partial charge in [0.2, 0.25) is 0 Å². The highest BCUT2D eigenvalue weighted by molar-refractivity contribution is 7.09. The molecular formula is C19H27N5OS. The molecule has 2 N–H and O–H groups in total. The van der Waals surface area contributed by atoms with Crippen molar-refractivity contribution in [3.05, 3.63) is 39.8 Å². The summed E-state index contributed by atoms with van der Waals surface area (Å²) in [6.45, 7) is 4.07. The van der Waals surface area contributed by atoms with Crippen LogP contribution in [0.15, 0.2) is 23.6 Å². The number of hydrogen-bond acceptors (Lipinski definition) is 4. The van der Waals surface area contributed by atoms with E-state index in [4.69, 9.17) is 0 Å². The SMILES string of the molecule is O=C(NCc1cc2n(n1)CCN(C1CCCCC1)C2)NCc1cccs1. The molecule has 1 aliphatic carbocycles. The molecule has 26 heavy (non-hydrogen) atoms. The van der Waals surface area contributed by atoms with E-state index in [0.29, 0.717) is 13.1 Å². The molecule has 6 nitrogen and oxygen atoms in total. The van der Waals surface area contributed by atoms with Crippen LogP contribution < -0.4 is 10.6 Å². The molecule has 1 saturated carbocycles. The highest BCUT2D eigenvalue weighted by Gasteiger charge is 2.25. The van der Waals surface area contributed by atoms with Crippen molar-refractivity contribution in [3.63, 3.8) is 0 Å². The van der Waals surface area contributed by atoms with Crippen molar-refractivity contribution in [1.29, 1.82) is 0 Å². The minimum absolute atomic E-state index is 0.145. The zero-order valence-electron chi connectivity index (χ0n) is 15.1.